The highest BCUT2D eigenvalue weighted by atomic mass is 32.2. The largest absolute Gasteiger partial charge is 0.480 e. The van der Waals surface area contributed by atoms with Crippen LogP contribution in [0.5, 0.6) is 0 Å². The third-order valence-electron chi connectivity index (χ3n) is 1.51. The molecule has 13 heavy (non-hydrogen) atoms. The number of rotatable bonds is 7. The molecule has 0 amide bonds. The van der Waals surface area contributed by atoms with Crippen molar-refractivity contribution in [3.05, 3.63) is 0 Å². The van der Waals surface area contributed by atoms with Gasteiger partial charge in [0.05, 0.1) is 0 Å². The molecule has 0 bridgehead atoms. The molecule has 0 radical (unpaired) electrons. The van der Waals surface area contributed by atoms with E-state index in [1.54, 1.807) is 11.8 Å². The maximum absolute atomic E-state index is 10.3. The summed E-state index contributed by atoms with van der Waals surface area (Å²) in [5, 5.41) is 8.48. The van der Waals surface area contributed by atoms with Gasteiger partial charge < -0.3 is 15.7 Å². The van der Waals surface area contributed by atoms with E-state index < -0.39 is 12.0 Å². The molecule has 0 aliphatic rings. The lowest BCUT2D eigenvalue weighted by Gasteiger charge is -2.09. The summed E-state index contributed by atoms with van der Waals surface area (Å²) in [4.78, 5) is 12.4. The van der Waals surface area contributed by atoms with Gasteiger partial charge in [-0.1, -0.05) is 0 Å². The Kier molecular flexibility index (Phi) is 7.03. The zero-order chi connectivity index (χ0) is 10.3. The summed E-state index contributed by atoms with van der Waals surface area (Å²) in [5.74, 6) is 0.558. The van der Waals surface area contributed by atoms with E-state index in [2.05, 4.69) is 4.90 Å². The number of carboxylic acid groups (broad SMARTS) is 1. The highest BCUT2D eigenvalue weighted by Gasteiger charge is 2.10. The van der Waals surface area contributed by atoms with Gasteiger partial charge in [0.1, 0.15) is 6.04 Å². The molecule has 1 unspecified atom stereocenters. The molecular formula is C8H18N2O2S. The van der Waals surface area contributed by atoms with Crippen molar-refractivity contribution in [1.82, 2.24) is 4.90 Å². The van der Waals surface area contributed by atoms with E-state index in [0.29, 0.717) is 5.75 Å². The monoisotopic (exact) mass is 206 g/mol. The van der Waals surface area contributed by atoms with Gasteiger partial charge in [-0.25, -0.2) is 0 Å². The summed E-state index contributed by atoms with van der Waals surface area (Å²) in [6, 6.07) is -0.718. The second-order valence-corrected chi connectivity index (χ2v) is 4.33. The Morgan fingerprint density at radius 3 is 2.69 bits per heavy atom. The maximum atomic E-state index is 10.3. The second-order valence-electron chi connectivity index (χ2n) is 3.18. The van der Waals surface area contributed by atoms with Crippen LogP contribution >= 0.6 is 11.8 Å². The molecule has 0 saturated carbocycles. The van der Waals surface area contributed by atoms with Crippen LogP contribution in [0.2, 0.25) is 0 Å². The average Bonchev–Trinajstić information content (AvgIpc) is 2.02. The molecule has 3 N–H and O–H groups in total. The highest BCUT2D eigenvalue weighted by molar-refractivity contribution is 7.99. The number of hydrogen-bond donors (Lipinski definition) is 2. The van der Waals surface area contributed by atoms with Crippen LogP contribution in [-0.2, 0) is 4.79 Å². The fourth-order valence-electron chi connectivity index (χ4n) is 0.764. The molecule has 0 aliphatic heterocycles. The fourth-order valence-corrected chi connectivity index (χ4v) is 1.66. The van der Waals surface area contributed by atoms with Crippen LogP contribution in [0.15, 0.2) is 0 Å². The number of hydrogen-bond acceptors (Lipinski definition) is 4. The molecule has 0 aliphatic carbocycles. The van der Waals surface area contributed by atoms with E-state index in [9.17, 15) is 4.79 Å². The van der Waals surface area contributed by atoms with Crippen LogP contribution < -0.4 is 5.73 Å². The molecule has 0 aromatic heterocycles. The van der Waals surface area contributed by atoms with Gasteiger partial charge in [0, 0.05) is 5.75 Å². The standard InChI is InChI=1S/C8H18N2O2S/c1-10(2)4-3-5-13-6-7(9)8(11)12/h7H,3-6,9H2,1-2H3,(H,11,12). The first-order chi connectivity index (χ1) is 6.04. The van der Waals surface area contributed by atoms with Gasteiger partial charge in [0.15, 0.2) is 0 Å². The third kappa shape index (κ3) is 8.08. The second kappa shape index (κ2) is 7.17. The summed E-state index contributed by atoms with van der Waals surface area (Å²) in [7, 11) is 4.04. The van der Waals surface area contributed by atoms with E-state index in [4.69, 9.17) is 10.8 Å². The van der Waals surface area contributed by atoms with E-state index in [1.807, 2.05) is 14.1 Å². The number of carboxylic acids is 1. The molecule has 0 spiro atoms. The van der Waals surface area contributed by atoms with Crippen LogP contribution in [0.4, 0.5) is 0 Å². The molecule has 0 saturated heterocycles. The minimum atomic E-state index is -0.917. The van der Waals surface area contributed by atoms with Gasteiger partial charge in [-0.2, -0.15) is 11.8 Å². The first kappa shape index (κ1) is 12.7. The molecule has 1 atom stereocenters. The van der Waals surface area contributed by atoms with Crippen molar-refractivity contribution in [2.45, 2.75) is 12.5 Å². The highest BCUT2D eigenvalue weighted by Crippen LogP contribution is 2.04. The normalized spacial score (nSPS) is 13.2. The molecule has 0 rings (SSSR count). The Morgan fingerprint density at radius 1 is 1.62 bits per heavy atom. The van der Waals surface area contributed by atoms with Crippen LogP contribution in [0, 0.1) is 0 Å². The quantitative estimate of drug-likeness (QED) is 0.578. The maximum Gasteiger partial charge on any atom is 0.321 e. The summed E-state index contributed by atoms with van der Waals surface area (Å²) >= 11 is 1.60. The number of aliphatic carboxylic acids is 1. The van der Waals surface area contributed by atoms with Crippen molar-refractivity contribution in [2.75, 3.05) is 32.1 Å². The van der Waals surface area contributed by atoms with Gasteiger partial charge in [-0.15, -0.1) is 0 Å². The molecule has 0 aromatic carbocycles. The molecule has 0 heterocycles. The average molecular weight is 206 g/mol. The minimum Gasteiger partial charge on any atom is -0.480 e. The van der Waals surface area contributed by atoms with Crippen molar-refractivity contribution in [3.63, 3.8) is 0 Å². The predicted octanol–water partition coefficient (Wildman–Crippen LogP) is 0.0832. The summed E-state index contributed by atoms with van der Waals surface area (Å²) in [6.07, 6.45) is 1.07. The first-order valence-corrected chi connectivity index (χ1v) is 5.40. The zero-order valence-corrected chi connectivity index (χ0v) is 9.01. The Labute approximate surface area is 83.5 Å². The number of thioether (sulfide) groups is 1. The Hall–Kier alpha value is -0.260. The zero-order valence-electron chi connectivity index (χ0n) is 8.19. The van der Waals surface area contributed by atoms with Crippen LogP contribution in [0.1, 0.15) is 6.42 Å². The lowest BCUT2D eigenvalue weighted by Crippen LogP contribution is -2.32. The number of nitrogens with two attached hydrogens (primary N) is 1. The fraction of sp³-hybridized carbons (Fsp3) is 0.875. The minimum absolute atomic E-state index is 0.503. The van der Waals surface area contributed by atoms with Gasteiger partial charge in [0.25, 0.3) is 0 Å². The molecule has 0 aromatic rings. The van der Waals surface area contributed by atoms with Crippen molar-refractivity contribution in [2.24, 2.45) is 5.73 Å². The van der Waals surface area contributed by atoms with E-state index >= 15 is 0 Å². The SMILES string of the molecule is CN(C)CCCSCC(N)C(=O)O. The van der Waals surface area contributed by atoms with E-state index in [1.165, 1.54) is 0 Å². The first-order valence-electron chi connectivity index (χ1n) is 4.25. The summed E-state index contributed by atoms with van der Waals surface area (Å²) < 4.78 is 0. The lowest BCUT2D eigenvalue weighted by atomic mass is 10.4. The third-order valence-corrected chi connectivity index (χ3v) is 2.68. The van der Waals surface area contributed by atoms with E-state index in [-0.39, 0.29) is 0 Å². The summed E-state index contributed by atoms with van der Waals surface area (Å²) in [6.45, 7) is 1.04. The Balaban J connectivity index is 3.21. The van der Waals surface area contributed by atoms with E-state index in [0.717, 1.165) is 18.7 Å². The molecule has 4 nitrogen and oxygen atoms in total. The molecular weight excluding hydrogens is 188 g/mol. The van der Waals surface area contributed by atoms with Crippen LogP contribution in [-0.4, -0.2) is 54.2 Å². The number of carbonyl (C=O) groups is 1. The van der Waals surface area contributed by atoms with Crippen molar-refractivity contribution in [3.8, 4) is 0 Å². The Morgan fingerprint density at radius 2 is 2.23 bits per heavy atom. The van der Waals surface area contributed by atoms with Gasteiger partial charge >= 0.3 is 5.97 Å². The smallest absolute Gasteiger partial charge is 0.321 e. The van der Waals surface area contributed by atoms with Gasteiger partial charge in [-0.3, -0.25) is 4.79 Å². The van der Waals surface area contributed by atoms with Gasteiger partial charge in [-0.05, 0) is 32.8 Å². The van der Waals surface area contributed by atoms with Crippen LogP contribution in [0.3, 0.4) is 0 Å². The van der Waals surface area contributed by atoms with Crippen molar-refractivity contribution in [1.29, 1.82) is 0 Å². The molecule has 0 fully saturated rings. The number of nitrogens with zero attached hydrogens (tertiary/aromatic N) is 1. The summed E-state index contributed by atoms with van der Waals surface area (Å²) in [5.41, 5.74) is 5.33. The lowest BCUT2D eigenvalue weighted by molar-refractivity contribution is -0.137. The van der Waals surface area contributed by atoms with Gasteiger partial charge in [0.2, 0.25) is 0 Å². The van der Waals surface area contributed by atoms with Crippen molar-refractivity contribution >= 4 is 17.7 Å². The molecule has 5 heteroatoms. The van der Waals surface area contributed by atoms with Crippen LogP contribution in [0.25, 0.3) is 0 Å². The predicted molar refractivity (Wildman–Crippen MR) is 56.1 cm³/mol. The van der Waals surface area contributed by atoms with Crippen molar-refractivity contribution < 1.29 is 9.90 Å². The topological polar surface area (TPSA) is 66.6 Å². The molecule has 78 valence electrons. The Bertz CT molecular complexity index is 153.